The molecular formula is C48H34O. The molecule has 0 spiro atoms. The Labute approximate surface area is 286 Å². The Morgan fingerprint density at radius 2 is 1.20 bits per heavy atom. The lowest BCUT2D eigenvalue weighted by atomic mass is 9.82. The van der Waals surface area contributed by atoms with Gasteiger partial charge in [0.15, 0.2) is 0 Å². The van der Waals surface area contributed by atoms with Crippen molar-refractivity contribution in [2.45, 2.75) is 12.8 Å². The number of rotatable bonds is 6. The van der Waals surface area contributed by atoms with E-state index in [1.807, 2.05) is 18.2 Å². The predicted molar refractivity (Wildman–Crippen MR) is 212 cm³/mol. The van der Waals surface area contributed by atoms with Crippen LogP contribution >= 0.6 is 0 Å². The van der Waals surface area contributed by atoms with Crippen molar-refractivity contribution in [1.82, 2.24) is 0 Å². The smallest absolute Gasteiger partial charge is 0.136 e. The molecule has 1 aromatic heterocycles. The Kier molecular flexibility index (Phi) is 6.99. The molecule has 0 aliphatic heterocycles. The van der Waals surface area contributed by atoms with Gasteiger partial charge in [0.1, 0.15) is 11.2 Å². The van der Waals surface area contributed by atoms with E-state index in [-0.39, 0.29) is 0 Å². The van der Waals surface area contributed by atoms with E-state index in [1.54, 1.807) is 0 Å². The molecule has 1 nitrogen and oxygen atoms in total. The lowest BCUT2D eigenvalue weighted by Crippen LogP contribution is -1.97. The molecule has 49 heavy (non-hydrogen) atoms. The summed E-state index contributed by atoms with van der Waals surface area (Å²) in [4.78, 5) is 0. The molecular weight excluding hydrogens is 593 g/mol. The fourth-order valence-corrected chi connectivity index (χ4v) is 7.90. The van der Waals surface area contributed by atoms with Crippen molar-refractivity contribution in [3.8, 4) is 33.4 Å². The summed E-state index contributed by atoms with van der Waals surface area (Å²) in [6, 6.07) is 45.8. The second kappa shape index (κ2) is 11.8. The van der Waals surface area contributed by atoms with Gasteiger partial charge < -0.3 is 4.42 Å². The zero-order valence-electron chi connectivity index (χ0n) is 27.2. The van der Waals surface area contributed by atoms with Gasteiger partial charge in [0.25, 0.3) is 0 Å². The number of fused-ring (bicyclic) bond motifs is 5. The molecule has 0 saturated heterocycles. The third-order valence-electron chi connectivity index (χ3n) is 10.1. The average molecular weight is 627 g/mol. The molecule has 232 valence electrons. The minimum absolute atomic E-state index is 0.917. The van der Waals surface area contributed by atoms with Crippen LogP contribution in [0.5, 0.6) is 0 Å². The van der Waals surface area contributed by atoms with Gasteiger partial charge >= 0.3 is 0 Å². The third-order valence-corrected chi connectivity index (χ3v) is 10.1. The van der Waals surface area contributed by atoms with Crippen molar-refractivity contribution >= 4 is 61.2 Å². The molecule has 1 heteroatoms. The van der Waals surface area contributed by atoms with Gasteiger partial charge in [-0.05, 0) is 114 Å². The van der Waals surface area contributed by atoms with Crippen molar-refractivity contribution in [1.29, 1.82) is 0 Å². The number of benzene rings is 7. The molecule has 1 heterocycles. The van der Waals surface area contributed by atoms with Crippen LogP contribution in [0.3, 0.4) is 0 Å². The molecule has 1 aliphatic carbocycles. The molecule has 0 atom stereocenters. The van der Waals surface area contributed by atoms with Crippen LogP contribution in [0.2, 0.25) is 0 Å². The SMILES string of the molecule is C=Cc1c(C=C)c(-c2cccc3ccccc23)c2ccccc2c1-c1cccc(-c2cc(C3=CC=CCC3)c3c(c2)oc2ccccc23)c1. The predicted octanol–water partition coefficient (Wildman–Crippen LogP) is 13.9. The van der Waals surface area contributed by atoms with E-state index in [2.05, 4.69) is 153 Å². The van der Waals surface area contributed by atoms with E-state index in [1.165, 1.54) is 49.2 Å². The molecule has 0 N–H and O–H groups in total. The molecule has 0 unspecified atom stereocenters. The van der Waals surface area contributed by atoms with Gasteiger partial charge in [-0.15, -0.1) is 0 Å². The first-order valence-corrected chi connectivity index (χ1v) is 17.0. The van der Waals surface area contributed by atoms with Crippen LogP contribution in [0, 0.1) is 0 Å². The first kappa shape index (κ1) is 29.0. The zero-order chi connectivity index (χ0) is 32.9. The summed E-state index contributed by atoms with van der Waals surface area (Å²) in [5.74, 6) is 0. The van der Waals surface area contributed by atoms with E-state index in [4.69, 9.17) is 4.42 Å². The lowest BCUT2D eigenvalue weighted by Gasteiger charge is -2.21. The molecule has 0 saturated carbocycles. The monoisotopic (exact) mass is 626 g/mol. The van der Waals surface area contributed by atoms with Crippen LogP contribution in [0.25, 0.3) is 94.6 Å². The Bertz CT molecular complexity index is 2690. The van der Waals surface area contributed by atoms with Crippen LogP contribution < -0.4 is 0 Å². The lowest BCUT2D eigenvalue weighted by molar-refractivity contribution is 0.669. The topological polar surface area (TPSA) is 13.1 Å². The highest BCUT2D eigenvalue weighted by Gasteiger charge is 2.21. The zero-order valence-corrected chi connectivity index (χ0v) is 27.2. The van der Waals surface area contributed by atoms with Gasteiger partial charge in [0, 0.05) is 10.8 Å². The molecule has 1 aliphatic rings. The third kappa shape index (κ3) is 4.70. The van der Waals surface area contributed by atoms with Gasteiger partial charge in [0.2, 0.25) is 0 Å². The molecule has 0 bridgehead atoms. The van der Waals surface area contributed by atoms with Crippen molar-refractivity contribution in [3.63, 3.8) is 0 Å². The van der Waals surface area contributed by atoms with Gasteiger partial charge in [-0.2, -0.15) is 0 Å². The molecule has 0 fully saturated rings. The Morgan fingerprint density at radius 1 is 0.531 bits per heavy atom. The first-order chi connectivity index (χ1) is 24.2. The van der Waals surface area contributed by atoms with E-state index >= 15 is 0 Å². The fraction of sp³-hybridized carbons (Fsp3) is 0.0417. The summed E-state index contributed by atoms with van der Waals surface area (Å²) >= 11 is 0. The maximum atomic E-state index is 6.50. The van der Waals surface area contributed by atoms with Crippen LogP contribution in [0.1, 0.15) is 29.5 Å². The van der Waals surface area contributed by atoms with Gasteiger partial charge in [-0.1, -0.05) is 147 Å². The van der Waals surface area contributed by atoms with Crippen molar-refractivity contribution in [3.05, 3.63) is 175 Å². The summed E-state index contributed by atoms with van der Waals surface area (Å²) in [6.07, 6.45) is 12.7. The normalized spacial score (nSPS) is 12.9. The van der Waals surface area contributed by atoms with E-state index < -0.39 is 0 Å². The number of hydrogen-bond acceptors (Lipinski definition) is 1. The molecule has 7 aromatic carbocycles. The molecule has 0 radical (unpaired) electrons. The molecule has 9 rings (SSSR count). The summed E-state index contributed by atoms with van der Waals surface area (Å²) in [7, 11) is 0. The summed E-state index contributed by atoms with van der Waals surface area (Å²) < 4.78 is 6.50. The maximum absolute atomic E-state index is 6.50. The Hall–Kier alpha value is -6.18. The number of hydrogen-bond donors (Lipinski definition) is 0. The maximum Gasteiger partial charge on any atom is 0.136 e. The highest BCUT2D eigenvalue weighted by atomic mass is 16.3. The van der Waals surface area contributed by atoms with Gasteiger partial charge in [-0.25, -0.2) is 0 Å². The second-order valence-electron chi connectivity index (χ2n) is 12.8. The quantitative estimate of drug-likeness (QED) is 0.179. The van der Waals surface area contributed by atoms with Crippen molar-refractivity contribution in [2.75, 3.05) is 0 Å². The van der Waals surface area contributed by atoms with Crippen molar-refractivity contribution < 1.29 is 4.42 Å². The van der Waals surface area contributed by atoms with E-state index in [9.17, 15) is 0 Å². The fourth-order valence-electron chi connectivity index (χ4n) is 7.90. The first-order valence-electron chi connectivity index (χ1n) is 17.0. The minimum atomic E-state index is 0.917. The van der Waals surface area contributed by atoms with Crippen LogP contribution in [0.15, 0.2) is 163 Å². The molecule has 8 aromatic rings. The number of furan rings is 1. The highest BCUT2D eigenvalue weighted by molar-refractivity contribution is 6.15. The van der Waals surface area contributed by atoms with Crippen LogP contribution in [-0.4, -0.2) is 0 Å². The van der Waals surface area contributed by atoms with Gasteiger partial charge in [0.05, 0.1) is 0 Å². The number of allylic oxidation sites excluding steroid dienone is 4. The summed E-state index contributed by atoms with van der Waals surface area (Å²) in [6.45, 7) is 8.70. The van der Waals surface area contributed by atoms with E-state index in [0.29, 0.717) is 0 Å². The van der Waals surface area contributed by atoms with Gasteiger partial charge in [-0.3, -0.25) is 0 Å². The molecule has 0 amide bonds. The van der Waals surface area contributed by atoms with Crippen molar-refractivity contribution in [2.24, 2.45) is 0 Å². The second-order valence-corrected chi connectivity index (χ2v) is 12.8. The average Bonchev–Trinajstić information content (AvgIpc) is 3.55. The largest absolute Gasteiger partial charge is 0.456 e. The van der Waals surface area contributed by atoms with E-state index in [0.717, 1.165) is 62.8 Å². The Morgan fingerprint density at radius 3 is 2.00 bits per heavy atom. The standard InChI is InChI=1S/C48H34O/c1-3-36-37(4-2)47(39-26-15-19-31-18-8-9-22-38(31)39)41-24-11-10-23-40(41)46(36)34-21-14-20-33(28-34)35-29-43(32-16-6-5-7-17-32)48-42-25-12-13-27-44(42)49-45(48)30-35/h3-6,8-16,18-30H,1-2,7,17H2. The summed E-state index contributed by atoms with van der Waals surface area (Å²) in [5, 5.41) is 7.18. The number of para-hydroxylation sites is 1. The summed E-state index contributed by atoms with van der Waals surface area (Å²) in [5.41, 5.74) is 13.6. The minimum Gasteiger partial charge on any atom is -0.456 e. The van der Waals surface area contributed by atoms with Crippen LogP contribution in [0.4, 0.5) is 0 Å². The highest BCUT2D eigenvalue weighted by Crippen LogP contribution is 2.46. The Balaban J connectivity index is 1.29. The van der Waals surface area contributed by atoms with Crippen LogP contribution in [-0.2, 0) is 0 Å².